The van der Waals surface area contributed by atoms with Crippen molar-refractivity contribution in [2.24, 2.45) is 0 Å². The normalized spacial score (nSPS) is 11.9. The Morgan fingerprint density at radius 3 is 2.44 bits per heavy atom. The van der Waals surface area contributed by atoms with Gasteiger partial charge in [-0.25, -0.2) is 4.79 Å². The second kappa shape index (κ2) is 6.68. The summed E-state index contributed by atoms with van der Waals surface area (Å²) in [4.78, 5) is 23.5. The number of fused-ring (bicyclic) bond motifs is 1. The van der Waals surface area contributed by atoms with E-state index in [4.69, 9.17) is 9.47 Å². The summed E-state index contributed by atoms with van der Waals surface area (Å²) in [5, 5.41) is 10.4. The summed E-state index contributed by atoms with van der Waals surface area (Å²) >= 11 is 0. The van der Waals surface area contributed by atoms with Crippen LogP contribution in [0.3, 0.4) is 0 Å². The van der Waals surface area contributed by atoms with Crippen LogP contribution in [0.2, 0.25) is 0 Å². The maximum Gasteiger partial charge on any atom is 0.331 e. The van der Waals surface area contributed by atoms with Crippen molar-refractivity contribution in [1.29, 1.82) is 0 Å². The van der Waals surface area contributed by atoms with Crippen molar-refractivity contribution in [2.75, 3.05) is 14.2 Å². The molecule has 0 radical (unpaired) electrons. The van der Waals surface area contributed by atoms with Gasteiger partial charge in [0.1, 0.15) is 11.5 Å². The van der Waals surface area contributed by atoms with Crippen LogP contribution in [0.5, 0.6) is 11.5 Å². The fourth-order valence-corrected chi connectivity index (χ4v) is 2.99. The number of carbonyl (C=O) groups is 2. The zero-order valence-electron chi connectivity index (χ0n) is 13.8. The summed E-state index contributed by atoms with van der Waals surface area (Å²) in [7, 11) is 3.01. The number of benzene rings is 2. The van der Waals surface area contributed by atoms with Gasteiger partial charge in [0, 0.05) is 23.9 Å². The maximum atomic E-state index is 12.0. The van der Waals surface area contributed by atoms with Crippen LogP contribution in [0.25, 0.3) is 10.9 Å². The van der Waals surface area contributed by atoms with E-state index in [9.17, 15) is 14.7 Å². The number of hydrogen-bond acceptors (Lipinski definition) is 4. The molecule has 0 aliphatic heterocycles. The minimum absolute atomic E-state index is 0.358. The molecule has 6 heteroatoms. The predicted octanol–water partition coefficient (Wildman–Crippen LogP) is 3.15. The molecule has 0 saturated heterocycles. The lowest BCUT2D eigenvalue weighted by Gasteiger charge is -2.17. The highest BCUT2D eigenvalue weighted by molar-refractivity contribution is 6.02. The first kappa shape index (κ1) is 16.6. The van der Waals surface area contributed by atoms with E-state index >= 15 is 0 Å². The number of aromatic nitrogens is 1. The van der Waals surface area contributed by atoms with Gasteiger partial charge in [0.25, 0.3) is 0 Å². The highest BCUT2D eigenvalue weighted by Crippen LogP contribution is 2.37. The molecule has 3 rings (SSSR count). The van der Waals surface area contributed by atoms with Crippen LogP contribution in [-0.2, 0) is 4.79 Å². The van der Waals surface area contributed by atoms with E-state index in [1.165, 1.54) is 20.4 Å². The van der Waals surface area contributed by atoms with Crippen LogP contribution < -0.4 is 9.47 Å². The third-order valence-corrected chi connectivity index (χ3v) is 4.11. The molecule has 0 amide bonds. The molecule has 3 aromatic rings. The number of carbonyl (C=O) groups excluding carboxylic acids is 1. The molecule has 1 N–H and O–H groups in total. The van der Waals surface area contributed by atoms with E-state index in [1.807, 2.05) is 6.07 Å². The topological polar surface area (TPSA) is 77.8 Å². The smallest absolute Gasteiger partial charge is 0.331 e. The van der Waals surface area contributed by atoms with Crippen molar-refractivity contribution >= 4 is 23.2 Å². The average molecular weight is 339 g/mol. The van der Waals surface area contributed by atoms with E-state index < -0.39 is 12.0 Å². The lowest BCUT2D eigenvalue weighted by atomic mass is 10.1. The first-order valence-electron chi connectivity index (χ1n) is 7.60. The number of aliphatic carboxylic acids is 1. The molecule has 1 atom stereocenters. The van der Waals surface area contributed by atoms with Crippen molar-refractivity contribution in [3.8, 4) is 11.5 Å². The van der Waals surface area contributed by atoms with Gasteiger partial charge in [-0.15, -0.1) is 0 Å². The van der Waals surface area contributed by atoms with E-state index in [0.717, 1.165) is 0 Å². The van der Waals surface area contributed by atoms with Crippen molar-refractivity contribution in [3.63, 3.8) is 0 Å². The summed E-state index contributed by atoms with van der Waals surface area (Å²) in [6.45, 7) is 0. The molecule has 0 bridgehead atoms. The number of rotatable bonds is 6. The minimum atomic E-state index is -1.03. The molecule has 0 aliphatic rings. The molecule has 0 aliphatic carbocycles. The number of nitrogens with zero attached hydrogens (tertiary/aromatic N) is 1. The second-order valence-corrected chi connectivity index (χ2v) is 5.48. The number of hydrogen-bond donors (Lipinski definition) is 1. The van der Waals surface area contributed by atoms with Crippen LogP contribution in [-0.4, -0.2) is 36.1 Å². The Kier molecular flexibility index (Phi) is 4.43. The summed E-state index contributed by atoms with van der Waals surface area (Å²) in [5.74, 6) is -0.0620. The van der Waals surface area contributed by atoms with Crippen molar-refractivity contribution in [1.82, 2.24) is 4.57 Å². The zero-order chi connectivity index (χ0) is 18.0. The third kappa shape index (κ3) is 2.82. The quantitative estimate of drug-likeness (QED) is 0.698. The van der Waals surface area contributed by atoms with E-state index in [0.29, 0.717) is 39.8 Å². The van der Waals surface area contributed by atoms with E-state index in [1.54, 1.807) is 41.0 Å². The van der Waals surface area contributed by atoms with E-state index in [-0.39, 0.29) is 0 Å². The van der Waals surface area contributed by atoms with Gasteiger partial charge in [-0.05, 0) is 5.56 Å². The SMILES string of the molecule is COc1cc(OC)c2c(C=O)cn(C(C(=O)O)c3ccccc3)c2c1. The van der Waals surface area contributed by atoms with Crippen molar-refractivity contribution in [3.05, 3.63) is 59.8 Å². The largest absolute Gasteiger partial charge is 0.497 e. The molecule has 1 heterocycles. The summed E-state index contributed by atoms with van der Waals surface area (Å²) in [5.41, 5.74) is 1.51. The highest BCUT2D eigenvalue weighted by atomic mass is 16.5. The molecular weight excluding hydrogens is 322 g/mol. The van der Waals surface area contributed by atoms with Crippen LogP contribution in [0.1, 0.15) is 22.0 Å². The third-order valence-electron chi connectivity index (χ3n) is 4.11. The lowest BCUT2D eigenvalue weighted by Crippen LogP contribution is -2.19. The molecule has 0 saturated carbocycles. The molecular formula is C19H17NO5. The predicted molar refractivity (Wildman–Crippen MR) is 92.6 cm³/mol. The number of aldehydes is 1. The molecule has 0 spiro atoms. The van der Waals surface area contributed by atoms with Crippen LogP contribution in [0.4, 0.5) is 0 Å². The molecule has 0 fully saturated rings. The maximum absolute atomic E-state index is 12.0. The summed E-state index contributed by atoms with van der Waals surface area (Å²) in [6.07, 6.45) is 2.23. The average Bonchev–Trinajstić information content (AvgIpc) is 3.00. The fraction of sp³-hybridized carbons (Fsp3) is 0.158. The van der Waals surface area contributed by atoms with Gasteiger partial charge in [-0.1, -0.05) is 30.3 Å². The molecule has 25 heavy (non-hydrogen) atoms. The zero-order valence-corrected chi connectivity index (χ0v) is 13.8. The lowest BCUT2D eigenvalue weighted by molar-refractivity contribution is -0.139. The highest BCUT2D eigenvalue weighted by Gasteiger charge is 2.26. The fourth-order valence-electron chi connectivity index (χ4n) is 2.99. The van der Waals surface area contributed by atoms with Crippen molar-refractivity contribution < 1.29 is 24.2 Å². The van der Waals surface area contributed by atoms with Gasteiger partial charge >= 0.3 is 5.97 Å². The molecule has 1 aromatic heterocycles. The van der Waals surface area contributed by atoms with Gasteiger partial charge in [0.05, 0.1) is 25.1 Å². The van der Waals surface area contributed by atoms with Gasteiger partial charge in [-0.2, -0.15) is 0 Å². The Morgan fingerprint density at radius 1 is 1.16 bits per heavy atom. The minimum Gasteiger partial charge on any atom is -0.497 e. The standard InChI is InChI=1S/C19H17NO5/c1-24-14-8-15-17(16(9-14)25-2)13(11-21)10-20(15)18(19(22)23)12-6-4-3-5-7-12/h3-11,18H,1-2H3,(H,22,23). The first-order valence-corrected chi connectivity index (χ1v) is 7.60. The Hall–Kier alpha value is -3.28. The van der Waals surface area contributed by atoms with E-state index in [2.05, 4.69) is 0 Å². The van der Waals surface area contributed by atoms with Crippen LogP contribution >= 0.6 is 0 Å². The molecule has 1 unspecified atom stereocenters. The number of methoxy groups -OCH3 is 2. The number of carboxylic acids is 1. The second-order valence-electron chi connectivity index (χ2n) is 5.48. The molecule has 128 valence electrons. The van der Waals surface area contributed by atoms with Crippen molar-refractivity contribution in [2.45, 2.75) is 6.04 Å². The van der Waals surface area contributed by atoms with Gasteiger partial charge < -0.3 is 19.1 Å². The van der Waals surface area contributed by atoms with Crippen LogP contribution in [0, 0.1) is 0 Å². The Morgan fingerprint density at radius 2 is 1.88 bits per heavy atom. The number of ether oxygens (including phenoxy) is 2. The van der Waals surface area contributed by atoms with Gasteiger partial charge in [-0.3, -0.25) is 4.79 Å². The molecule has 2 aromatic carbocycles. The summed E-state index contributed by atoms with van der Waals surface area (Å²) < 4.78 is 12.2. The summed E-state index contributed by atoms with van der Waals surface area (Å²) in [6, 6.07) is 11.2. The Bertz CT molecular complexity index is 930. The Balaban J connectivity index is 2.34. The monoisotopic (exact) mass is 339 g/mol. The van der Waals surface area contributed by atoms with Crippen LogP contribution in [0.15, 0.2) is 48.7 Å². The van der Waals surface area contributed by atoms with Gasteiger partial charge in [0.15, 0.2) is 12.3 Å². The first-order chi connectivity index (χ1) is 12.1. The molecule has 6 nitrogen and oxygen atoms in total. The van der Waals surface area contributed by atoms with Gasteiger partial charge in [0.2, 0.25) is 0 Å². The number of carboxylic acid groups (broad SMARTS) is 1. The Labute approximate surface area is 144 Å².